The third kappa shape index (κ3) is 3.37. The van der Waals surface area contributed by atoms with E-state index in [2.05, 4.69) is 4.98 Å². The third-order valence-corrected chi connectivity index (χ3v) is 5.49. The minimum atomic E-state index is -0.458. The number of halogens is 2. The summed E-state index contributed by atoms with van der Waals surface area (Å²) in [5.41, 5.74) is 2.62. The quantitative estimate of drug-likeness (QED) is 0.626. The smallest absolute Gasteiger partial charge is 0.277 e. The molecule has 0 unspecified atom stereocenters. The summed E-state index contributed by atoms with van der Waals surface area (Å²) in [4.78, 5) is 18.9. The van der Waals surface area contributed by atoms with Gasteiger partial charge in [0.25, 0.3) is 5.91 Å². The molecule has 0 saturated heterocycles. The highest BCUT2D eigenvalue weighted by atomic mass is 35.5. The number of nitrogens with zero attached hydrogens (tertiary/aromatic N) is 2. The van der Waals surface area contributed by atoms with Gasteiger partial charge in [-0.15, -0.1) is 11.3 Å². The summed E-state index contributed by atoms with van der Waals surface area (Å²) in [6.45, 7) is 0.482. The molecule has 0 N–H and O–H groups in total. The van der Waals surface area contributed by atoms with Crippen LogP contribution in [0.4, 0.5) is 10.1 Å². The maximum absolute atomic E-state index is 14.5. The molecule has 2 aromatic carbocycles. The van der Waals surface area contributed by atoms with Gasteiger partial charge < -0.3 is 4.90 Å². The van der Waals surface area contributed by atoms with Crippen molar-refractivity contribution in [3.05, 3.63) is 80.5 Å². The Balaban J connectivity index is 1.60. The third-order valence-electron chi connectivity index (χ3n) is 4.42. The number of aryl methyl sites for hydroxylation is 1. The van der Waals surface area contributed by atoms with Crippen LogP contribution in [0, 0.1) is 5.82 Å². The summed E-state index contributed by atoms with van der Waals surface area (Å²) in [6.07, 6.45) is 2.17. The van der Waals surface area contributed by atoms with Crippen molar-refractivity contribution < 1.29 is 9.18 Å². The highest BCUT2D eigenvalue weighted by molar-refractivity contribution is 7.09. The Morgan fingerprint density at radius 2 is 2.08 bits per heavy atom. The van der Waals surface area contributed by atoms with Gasteiger partial charge in [-0.05, 0) is 36.1 Å². The Morgan fingerprint density at radius 3 is 2.88 bits per heavy atom. The van der Waals surface area contributed by atoms with E-state index in [1.54, 1.807) is 11.4 Å². The van der Waals surface area contributed by atoms with Crippen molar-refractivity contribution in [1.29, 1.82) is 0 Å². The van der Waals surface area contributed by atoms with Gasteiger partial charge in [0, 0.05) is 23.4 Å². The molecule has 0 saturated carbocycles. The van der Waals surface area contributed by atoms with E-state index in [1.807, 2.05) is 30.3 Å². The molecule has 2 heterocycles. The molecular formula is C20H16ClFN2OS. The molecule has 0 bridgehead atoms. The van der Waals surface area contributed by atoms with Crippen LogP contribution in [0.1, 0.15) is 33.0 Å². The molecule has 0 atom stereocenters. The first-order valence-electron chi connectivity index (χ1n) is 8.40. The number of amides is 1. The first-order chi connectivity index (χ1) is 12.6. The lowest BCUT2D eigenvalue weighted by molar-refractivity contribution is 0.0980. The van der Waals surface area contributed by atoms with Crippen LogP contribution in [0.5, 0.6) is 0 Å². The van der Waals surface area contributed by atoms with Crippen LogP contribution in [0.15, 0.2) is 47.8 Å². The Kier molecular flexibility index (Phi) is 4.74. The molecule has 26 heavy (non-hydrogen) atoms. The predicted molar refractivity (Wildman–Crippen MR) is 103 cm³/mol. The van der Waals surface area contributed by atoms with Crippen molar-refractivity contribution in [2.75, 3.05) is 11.4 Å². The molecule has 0 radical (unpaired) electrons. The Labute approximate surface area is 160 Å². The molecule has 0 aliphatic carbocycles. The van der Waals surface area contributed by atoms with Gasteiger partial charge >= 0.3 is 0 Å². The summed E-state index contributed by atoms with van der Waals surface area (Å²) < 4.78 is 14.5. The Hall–Kier alpha value is -2.24. The number of fused-ring (bicyclic) bond motifs is 1. The number of thiazole rings is 1. The van der Waals surface area contributed by atoms with E-state index in [1.165, 1.54) is 22.3 Å². The second-order valence-electron chi connectivity index (χ2n) is 6.24. The van der Waals surface area contributed by atoms with Crippen LogP contribution in [0.3, 0.4) is 0 Å². The minimum absolute atomic E-state index is 0.261. The van der Waals surface area contributed by atoms with Crippen molar-refractivity contribution in [2.45, 2.75) is 19.3 Å². The average molecular weight is 387 g/mol. The molecule has 6 heteroatoms. The van der Waals surface area contributed by atoms with Gasteiger partial charge in [0.05, 0.1) is 10.7 Å². The van der Waals surface area contributed by atoms with E-state index >= 15 is 0 Å². The van der Waals surface area contributed by atoms with Gasteiger partial charge in [-0.25, -0.2) is 9.37 Å². The van der Waals surface area contributed by atoms with Crippen LogP contribution in [0.25, 0.3) is 0 Å². The number of aromatic nitrogens is 1. The van der Waals surface area contributed by atoms with Crippen molar-refractivity contribution >= 4 is 34.5 Å². The van der Waals surface area contributed by atoms with Crippen molar-refractivity contribution in [3.63, 3.8) is 0 Å². The van der Waals surface area contributed by atoms with E-state index < -0.39 is 5.82 Å². The largest absolute Gasteiger partial charge is 0.304 e. The van der Waals surface area contributed by atoms with Crippen molar-refractivity contribution in [1.82, 2.24) is 4.98 Å². The fourth-order valence-corrected chi connectivity index (χ4v) is 4.28. The first-order valence-corrected chi connectivity index (χ1v) is 9.65. The van der Waals surface area contributed by atoms with E-state index in [4.69, 9.17) is 11.6 Å². The lowest BCUT2D eigenvalue weighted by Crippen LogP contribution is -2.36. The van der Waals surface area contributed by atoms with Gasteiger partial charge in [-0.3, -0.25) is 4.79 Å². The fraction of sp³-hybridized carbons (Fsp3) is 0.200. The van der Waals surface area contributed by atoms with Crippen LogP contribution < -0.4 is 4.90 Å². The van der Waals surface area contributed by atoms with Crippen LogP contribution >= 0.6 is 22.9 Å². The second kappa shape index (κ2) is 7.17. The summed E-state index contributed by atoms with van der Waals surface area (Å²) in [6, 6.07) is 13.0. The summed E-state index contributed by atoms with van der Waals surface area (Å²) in [5.74, 6) is -0.719. The molecule has 4 rings (SSSR count). The lowest BCUT2D eigenvalue weighted by Gasteiger charge is -2.29. The van der Waals surface area contributed by atoms with E-state index in [0.717, 1.165) is 22.6 Å². The van der Waals surface area contributed by atoms with Gasteiger partial charge in [0.15, 0.2) is 0 Å². The van der Waals surface area contributed by atoms with Gasteiger partial charge in [0.1, 0.15) is 11.5 Å². The highest BCUT2D eigenvalue weighted by Gasteiger charge is 2.28. The lowest BCUT2D eigenvalue weighted by atomic mass is 10.0. The van der Waals surface area contributed by atoms with Crippen molar-refractivity contribution in [3.8, 4) is 0 Å². The predicted octanol–water partition coefficient (Wildman–Crippen LogP) is 5.12. The highest BCUT2D eigenvalue weighted by Crippen LogP contribution is 2.33. The maximum atomic E-state index is 14.5. The molecule has 3 nitrogen and oxygen atoms in total. The summed E-state index contributed by atoms with van der Waals surface area (Å²) >= 11 is 7.40. The first kappa shape index (κ1) is 17.2. The molecular weight excluding hydrogens is 371 g/mol. The molecule has 1 amide bonds. The van der Waals surface area contributed by atoms with Gasteiger partial charge in [0.2, 0.25) is 0 Å². The van der Waals surface area contributed by atoms with Crippen LogP contribution in [-0.4, -0.2) is 17.4 Å². The van der Waals surface area contributed by atoms with Gasteiger partial charge in [-0.1, -0.05) is 41.9 Å². The van der Waals surface area contributed by atoms with Crippen molar-refractivity contribution in [2.24, 2.45) is 0 Å². The summed E-state index contributed by atoms with van der Waals surface area (Å²) in [7, 11) is 0. The topological polar surface area (TPSA) is 33.2 Å². The zero-order chi connectivity index (χ0) is 18.1. The molecule has 1 aromatic heterocycles. The summed E-state index contributed by atoms with van der Waals surface area (Å²) in [5, 5.41) is 2.98. The second-order valence-corrected chi connectivity index (χ2v) is 7.62. The molecule has 132 valence electrons. The van der Waals surface area contributed by atoms with E-state index in [-0.39, 0.29) is 5.91 Å². The minimum Gasteiger partial charge on any atom is -0.304 e. The standard InChI is InChI=1S/C20H16ClFN2OS/c21-15-10-14-7-4-8-24(19(14)16(22)11-15)20(25)17-12-26-18(23-17)9-13-5-2-1-3-6-13/h1-3,5-6,10-12H,4,7-9H2. The maximum Gasteiger partial charge on any atom is 0.277 e. The molecule has 0 fully saturated rings. The number of benzene rings is 2. The zero-order valence-corrected chi connectivity index (χ0v) is 15.5. The molecule has 1 aliphatic heterocycles. The number of hydrogen-bond donors (Lipinski definition) is 0. The normalized spacial score (nSPS) is 13.5. The molecule has 0 spiro atoms. The van der Waals surface area contributed by atoms with Crippen LogP contribution in [0.2, 0.25) is 5.02 Å². The van der Waals surface area contributed by atoms with Gasteiger partial charge in [-0.2, -0.15) is 0 Å². The van der Waals surface area contributed by atoms with E-state index in [0.29, 0.717) is 35.8 Å². The fourth-order valence-electron chi connectivity index (χ4n) is 3.25. The number of hydrogen-bond acceptors (Lipinski definition) is 3. The number of anilines is 1. The monoisotopic (exact) mass is 386 g/mol. The molecule has 1 aliphatic rings. The van der Waals surface area contributed by atoms with E-state index in [9.17, 15) is 9.18 Å². The number of carbonyl (C=O) groups excluding carboxylic acids is 1. The Bertz CT molecular complexity index is 958. The number of rotatable bonds is 3. The zero-order valence-electron chi connectivity index (χ0n) is 13.9. The Morgan fingerprint density at radius 1 is 1.27 bits per heavy atom. The average Bonchev–Trinajstić information content (AvgIpc) is 3.09. The SMILES string of the molecule is O=C(c1csc(Cc2ccccc2)n1)N1CCCc2cc(Cl)cc(F)c21. The van der Waals surface area contributed by atoms with Crippen LogP contribution in [-0.2, 0) is 12.8 Å². The molecule has 3 aromatic rings. The number of carbonyl (C=O) groups is 1.